The van der Waals surface area contributed by atoms with E-state index in [1.807, 2.05) is 7.85 Å². The summed E-state index contributed by atoms with van der Waals surface area (Å²) in [5.41, 5.74) is 19.5. The number of nitrogens with one attached hydrogen (secondary N) is 2. The van der Waals surface area contributed by atoms with Crippen LogP contribution >= 0.6 is 0 Å². The van der Waals surface area contributed by atoms with Gasteiger partial charge in [-0.15, -0.1) is 10.9 Å². The van der Waals surface area contributed by atoms with Crippen molar-refractivity contribution in [1.82, 2.24) is 9.97 Å². The second kappa shape index (κ2) is 8.68. The number of rotatable bonds is 1. The summed E-state index contributed by atoms with van der Waals surface area (Å²) in [6.45, 7) is 0. The Kier molecular flexibility index (Phi) is 5.87. The molecule has 0 aliphatic rings. The van der Waals surface area contributed by atoms with Gasteiger partial charge in [0.05, 0.1) is 5.52 Å². The zero-order valence-corrected chi connectivity index (χ0v) is 25.9. The highest BCUT2D eigenvalue weighted by atomic mass is 16.3. The molecule has 0 aliphatic carbocycles. The SMILES string of the molecule is Bc1c(B)c(B)c2c([nH]c3c(O)c(B)c(-c4c(B)c(B)c5[nH]c6c(B)c(B)c(B)c(B)c6c5c4O)c(B)c32)c1B. The van der Waals surface area contributed by atoms with Crippen molar-refractivity contribution in [2.45, 2.75) is 0 Å². The van der Waals surface area contributed by atoms with Gasteiger partial charge in [0.1, 0.15) is 106 Å². The van der Waals surface area contributed by atoms with Crippen LogP contribution in [0.25, 0.3) is 54.7 Å². The Hall–Kier alpha value is -3.14. The Morgan fingerprint density at radius 2 is 0.675 bits per heavy atom. The van der Waals surface area contributed by atoms with E-state index in [1.54, 1.807) is 0 Å². The summed E-state index contributed by atoms with van der Waals surface area (Å²) in [7, 11) is 25.6. The van der Waals surface area contributed by atoms with Crippen molar-refractivity contribution in [3.05, 3.63) is 0 Å². The van der Waals surface area contributed by atoms with Crippen LogP contribution in [0.2, 0.25) is 0 Å². The van der Waals surface area contributed by atoms with Gasteiger partial charge in [0.2, 0.25) is 0 Å². The average molecular weight is 506 g/mol. The Morgan fingerprint density at radius 1 is 0.300 bits per heavy atom. The van der Waals surface area contributed by atoms with E-state index in [-0.39, 0.29) is 11.5 Å². The fraction of sp³-hybridized carbons (Fsp3) is 0. The third-order valence-electron chi connectivity index (χ3n) is 10.6. The molecule has 0 aliphatic heterocycles. The van der Waals surface area contributed by atoms with Crippen LogP contribution in [0.15, 0.2) is 0 Å². The molecule has 182 valence electrons. The number of aromatic hydroxyl groups is 2. The molecule has 0 saturated heterocycles. The zero-order valence-electron chi connectivity index (χ0n) is 25.9. The van der Waals surface area contributed by atoms with Gasteiger partial charge in [0.15, 0.2) is 0 Å². The molecule has 4 N–H and O–H groups in total. The summed E-state index contributed by atoms with van der Waals surface area (Å²) in [5.74, 6) is 0.523. The molecule has 4 nitrogen and oxygen atoms in total. The first kappa shape index (κ1) is 27.0. The number of fused-ring (bicyclic) bond motifs is 6. The molecule has 6 aromatic rings. The van der Waals surface area contributed by atoms with Crippen molar-refractivity contribution in [2.24, 2.45) is 0 Å². The second-order valence-corrected chi connectivity index (χ2v) is 12.2. The van der Waals surface area contributed by atoms with Crippen molar-refractivity contribution >= 4 is 203 Å². The minimum Gasteiger partial charge on any atom is -0.507 e. The van der Waals surface area contributed by atoms with Crippen molar-refractivity contribution in [3.63, 3.8) is 0 Å². The lowest BCUT2D eigenvalue weighted by Gasteiger charge is -2.21. The summed E-state index contributed by atoms with van der Waals surface area (Å²) in [5, 5.41) is 28.0. The van der Waals surface area contributed by atoms with Crippen LogP contribution in [0.1, 0.15) is 0 Å². The molecule has 0 spiro atoms. The van der Waals surface area contributed by atoms with Crippen LogP contribution in [0.4, 0.5) is 0 Å². The smallest absolute Gasteiger partial charge is 0.145 e. The van der Waals surface area contributed by atoms with E-state index in [2.05, 4.69) is 96.3 Å². The maximum atomic E-state index is 12.2. The molecule has 4 aromatic carbocycles. The number of phenols is 2. The fourth-order valence-electron chi connectivity index (χ4n) is 7.33. The van der Waals surface area contributed by atoms with Gasteiger partial charge < -0.3 is 20.2 Å². The number of phenolic OH excluding ortho intramolecular Hbond substituents is 2. The first-order valence-electron chi connectivity index (χ1n) is 14.2. The summed E-state index contributed by atoms with van der Waals surface area (Å²) in [4.78, 5) is 7.27. The highest BCUT2D eigenvalue weighted by Crippen LogP contribution is 2.38. The Bertz CT molecular complexity index is 2010. The minimum atomic E-state index is 0.245. The van der Waals surface area contributed by atoms with E-state index in [4.69, 9.17) is 0 Å². The highest BCUT2D eigenvalue weighted by molar-refractivity contribution is 6.70. The lowest BCUT2D eigenvalue weighted by Crippen LogP contribution is -2.47. The molecule has 0 amide bonds. The average Bonchev–Trinajstić information content (AvgIpc) is 3.53. The normalized spacial score (nSPS) is 11.9. The molecular weight excluding hydrogens is 478 g/mol. The number of hydrogen-bond donors (Lipinski definition) is 4. The molecule has 0 atom stereocenters. The molecule has 2 aromatic heterocycles. The topological polar surface area (TPSA) is 72.0 Å². The standard InChI is InChI=1S/C24H28B12N2O2/c25-7-1(11(29)24(40)22-2(7)3-8(26)12(30)14(32)17(35)19(3)38-22)5-10(28)16(34)21-6(23(5)39)4-9(27)13(31)15(33)18(36)20(4)37-21/h37-40H,25-36H2. The van der Waals surface area contributed by atoms with Crippen molar-refractivity contribution < 1.29 is 10.2 Å². The molecular formula is C24H28B12N2O2. The Labute approximate surface area is 245 Å². The van der Waals surface area contributed by atoms with Crippen molar-refractivity contribution in [1.29, 1.82) is 0 Å². The zero-order chi connectivity index (χ0) is 29.3. The number of aromatic nitrogens is 2. The van der Waals surface area contributed by atoms with E-state index in [0.29, 0.717) is 0 Å². The lowest BCUT2D eigenvalue weighted by molar-refractivity contribution is 0.483. The summed E-state index contributed by atoms with van der Waals surface area (Å²) in [6, 6.07) is 0. The molecule has 6 rings (SSSR count). The fourth-order valence-corrected chi connectivity index (χ4v) is 7.33. The molecule has 0 saturated carbocycles. The van der Waals surface area contributed by atoms with Crippen LogP contribution in [-0.2, 0) is 0 Å². The molecule has 0 bridgehead atoms. The van der Waals surface area contributed by atoms with Gasteiger partial charge in [-0.3, -0.25) is 0 Å². The predicted molar refractivity (Wildman–Crippen MR) is 212 cm³/mol. The number of benzene rings is 4. The van der Waals surface area contributed by atoms with Gasteiger partial charge in [-0.25, -0.2) is 0 Å². The summed E-state index contributed by atoms with van der Waals surface area (Å²) in [6.07, 6.45) is 0. The monoisotopic (exact) mass is 508 g/mol. The van der Waals surface area contributed by atoms with E-state index in [9.17, 15) is 10.2 Å². The van der Waals surface area contributed by atoms with Crippen LogP contribution in [0, 0.1) is 0 Å². The summed E-state index contributed by atoms with van der Waals surface area (Å²) >= 11 is 0. The van der Waals surface area contributed by atoms with Crippen molar-refractivity contribution in [3.8, 4) is 22.6 Å². The molecule has 0 fully saturated rings. The van der Waals surface area contributed by atoms with Crippen LogP contribution in [0.5, 0.6) is 11.5 Å². The number of hydrogen-bond acceptors (Lipinski definition) is 2. The van der Waals surface area contributed by atoms with Gasteiger partial charge >= 0.3 is 0 Å². The molecule has 40 heavy (non-hydrogen) atoms. The van der Waals surface area contributed by atoms with E-state index in [1.165, 1.54) is 43.7 Å². The van der Waals surface area contributed by atoms with Crippen molar-refractivity contribution in [2.75, 3.05) is 0 Å². The third-order valence-corrected chi connectivity index (χ3v) is 10.6. The van der Waals surface area contributed by atoms with Gasteiger partial charge in [-0.2, -0.15) is 0 Å². The van der Waals surface area contributed by atoms with Gasteiger partial charge in [-0.1, -0.05) is 49.2 Å². The van der Waals surface area contributed by atoms with Gasteiger partial charge in [0.25, 0.3) is 0 Å². The van der Waals surface area contributed by atoms with E-state index < -0.39 is 0 Å². The molecule has 0 radical (unpaired) electrons. The highest BCUT2D eigenvalue weighted by Gasteiger charge is 2.27. The lowest BCUT2D eigenvalue weighted by atomic mass is 9.64. The summed E-state index contributed by atoms with van der Waals surface area (Å²) < 4.78 is 0. The predicted octanol–water partition coefficient (Wildman–Crippen LogP) is -14.9. The Morgan fingerprint density at radius 3 is 1.20 bits per heavy atom. The van der Waals surface area contributed by atoms with Crippen LogP contribution in [-0.4, -0.2) is 114 Å². The van der Waals surface area contributed by atoms with Crippen LogP contribution < -0.4 is 65.6 Å². The van der Waals surface area contributed by atoms with Crippen LogP contribution in [0.3, 0.4) is 0 Å². The van der Waals surface area contributed by atoms with E-state index in [0.717, 1.165) is 76.6 Å². The number of H-pyrrole nitrogens is 2. The first-order chi connectivity index (χ1) is 18.7. The quantitative estimate of drug-likeness (QED) is 0.168. The minimum absolute atomic E-state index is 0.245. The molecule has 16 heteroatoms. The number of aromatic amines is 2. The molecule has 2 heterocycles. The maximum absolute atomic E-state index is 12.2. The van der Waals surface area contributed by atoms with E-state index >= 15 is 0 Å². The maximum Gasteiger partial charge on any atom is 0.145 e. The molecule has 0 unspecified atom stereocenters. The van der Waals surface area contributed by atoms with Gasteiger partial charge in [0, 0.05) is 38.3 Å². The third kappa shape index (κ3) is 3.14. The van der Waals surface area contributed by atoms with Gasteiger partial charge in [-0.05, 0) is 16.4 Å². The largest absolute Gasteiger partial charge is 0.507 e. The Balaban J connectivity index is 1.86. The second-order valence-electron chi connectivity index (χ2n) is 12.2. The first-order valence-corrected chi connectivity index (χ1v) is 14.2.